The fraction of sp³-hybridized carbons (Fsp3) is 0.450. The van der Waals surface area contributed by atoms with E-state index in [0.717, 1.165) is 25.7 Å². The molecule has 156 valence electrons. The molecule has 1 saturated heterocycles. The first-order valence-corrected chi connectivity index (χ1v) is 12.0. The SMILES string of the molecule is O=C(Nc1cc(S(=O)(=O)N2CCOCC2)ccc1O)c1cc2c(s1)CCCCC2. The van der Waals surface area contributed by atoms with E-state index >= 15 is 0 Å². The highest BCUT2D eigenvalue weighted by Crippen LogP contribution is 2.32. The number of ether oxygens (including phenoxy) is 1. The van der Waals surface area contributed by atoms with Crippen LogP contribution in [0.4, 0.5) is 5.69 Å². The first kappa shape index (κ1) is 20.3. The number of aryl methyl sites for hydroxylation is 2. The van der Waals surface area contributed by atoms with E-state index in [-0.39, 0.29) is 35.3 Å². The summed E-state index contributed by atoms with van der Waals surface area (Å²) in [7, 11) is -3.71. The number of hydrogen-bond acceptors (Lipinski definition) is 6. The molecule has 29 heavy (non-hydrogen) atoms. The number of rotatable bonds is 4. The van der Waals surface area contributed by atoms with Gasteiger partial charge in [-0.15, -0.1) is 11.3 Å². The van der Waals surface area contributed by atoms with Gasteiger partial charge in [0.1, 0.15) is 5.75 Å². The van der Waals surface area contributed by atoms with Gasteiger partial charge in [0, 0.05) is 18.0 Å². The highest BCUT2D eigenvalue weighted by Gasteiger charge is 2.27. The van der Waals surface area contributed by atoms with Crippen LogP contribution in [0.5, 0.6) is 5.75 Å². The van der Waals surface area contributed by atoms with E-state index in [9.17, 15) is 18.3 Å². The predicted molar refractivity (Wildman–Crippen MR) is 111 cm³/mol. The Morgan fingerprint density at radius 1 is 1.10 bits per heavy atom. The zero-order valence-electron chi connectivity index (χ0n) is 16.0. The molecule has 1 aromatic carbocycles. The van der Waals surface area contributed by atoms with Crippen molar-refractivity contribution in [1.29, 1.82) is 0 Å². The van der Waals surface area contributed by atoms with Crippen LogP contribution in [-0.2, 0) is 27.6 Å². The average molecular weight is 437 g/mol. The molecular weight excluding hydrogens is 412 g/mol. The lowest BCUT2D eigenvalue weighted by atomic mass is 10.1. The number of sulfonamides is 1. The number of phenols is 1. The molecule has 1 amide bonds. The Bertz CT molecular complexity index is 986. The quantitative estimate of drug-likeness (QED) is 0.567. The summed E-state index contributed by atoms with van der Waals surface area (Å²) in [4.78, 5) is 14.6. The molecule has 1 aliphatic heterocycles. The summed E-state index contributed by atoms with van der Waals surface area (Å²) in [6.07, 6.45) is 5.45. The van der Waals surface area contributed by atoms with E-state index < -0.39 is 10.0 Å². The summed E-state index contributed by atoms with van der Waals surface area (Å²) >= 11 is 1.48. The lowest BCUT2D eigenvalue weighted by molar-refractivity contribution is 0.0730. The van der Waals surface area contributed by atoms with Crippen LogP contribution < -0.4 is 5.32 Å². The number of carbonyl (C=O) groups is 1. The number of hydrogen-bond donors (Lipinski definition) is 2. The Morgan fingerprint density at radius 2 is 1.86 bits per heavy atom. The molecule has 2 N–H and O–H groups in total. The summed E-state index contributed by atoms with van der Waals surface area (Å²) in [5, 5.41) is 12.8. The largest absolute Gasteiger partial charge is 0.506 e. The molecule has 0 atom stereocenters. The fourth-order valence-electron chi connectivity index (χ4n) is 3.68. The Morgan fingerprint density at radius 3 is 2.66 bits per heavy atom. The van der Waals surface area contributed by atoms with Crippen LogP contribution in [-0.4, -0.2) is 50.0 Å². The van der Waals surface area contributed by atoms with Crippen LogP contribution in [0.15, 0.2) is 29.2 Å². The van der Waals surface area contributed by atoms with Gasteiger partial charge >= 0.3 is 0 Å². The topological polar surface area (TPSA) is 95.9 Å². The third kappa shape index (κ3) is 4.32. The van der Waals surface area contributed by atoms with Gasteiger partial charge in [-0.1, -0.05) is 6.42 Å². The first-order valence-electron chi connectivity index (χ1n) is 9.79. The van der Waals surface area contributed by atoms with Crippen molar-refractivity contribution in [3.8, 4) is 5.75 Å². The van der Waals surface area contributed by atoms with Crippen molar-refractivity contribution in [2.24, 2.45) is 0 Å². The second-order valence-corrected chi connectivity index (χ2v) is 10.3. The number of nitrogens with one attached hydrogen (secondary N) is 1. The van der Waals surface area contributed by atoms with E-state index in [1.165, 1.54) is 50.7 Å². The first-order chi connectivity index (χ1) is 13.9. The predicted octanol–water partition coefficient (Wildman–Crippen LogP) is 3.00. The van der Waals surface area contributed by atoms with E-state index in [1.807, 2.05) is 6.07 Å². The molecule has 0 saturated carbocycles. The van der Waals surface area contributed by atoms with Crippen molar-refractivity contribution in [3.63, 3.8) is 0 Å². The number of carbonyl (C=O) groups excluding carboxylic acids is 1. The van der Waals surface area contributed by atoms with Gasteiger partial charge in [-0.3, -0.25) is 4.79 Å². The van der Waals surface area contributed by atoms with Crippen molar-refractivity contribution >= 4 is 33.0 Å². The Kier molecular flexibility index (Phi) is 5.91. The standard InChI is InChI=1S/C20H24N2O5S2/c23-17-7-6-15(29(25,26)22-8-10-27-11-9-22)13-16(17)21-20(24)19-12-14-4-2-1-3-5-18(14)28-19/h6-7,12-13,23H,1-5,8-11H2,(H,21,24). The van der Waals surface area contributed by atoms with E-state index in [1.54, 1.807) is 0 Å². The smallest absolute Gasteiger partial charge is 0.265 e. The summed E-state index contributed by atoms with van der Waals surface area (Å²) in [5.74, 6) is -0.503. The van der Waals surface area contributed by atoms with E-state index in [0.29, 0.717) is 18.1 Å². The van der Waals surface area contributed by atoms with Crippen molar-refractivity contribution < 1.29 is 23.1 Å². The van der Waals surface area contributed by atoms with Crippen LogP contribution in [0, 0.1) is 0 Å². The molecule has 2 aliphatic rings. The van der Waals surface area contributed by atoms with Gasteiger partial charge < -0.3 is 15.2 Å². The third-order valence-electron chi connectivity index (χ3n) is 5.29. The monoisotopic (exact) mass is 436 g/mol. The molecule has 1 aromatic heterocycles. The normalized spacial score (nSPS) is 18.1. The second-order valence-electron chi connectivity index (χ2n) is 7.27. The molecule has 1 aliphatic carbocycles. The highest BCUT2D eigenvalue weighted by atomic mass is 32.2. The third-order valence-corrected chi connectivity index (χ3v) is 8.42. The summed E-state index contributed by atoms with van der Waals surface area (Å²) < 4.78 is 32.3. The minimum Gasteiger partial charge on any atom is -0.506 e. The Balaban J connectivity index is 1.56. The van der Waals surface area contributed by atoms with Crippen LogP contribution in [0.3, 0.4) is 0 Å². The number of nitrogens with zero attached hydrogens (tertiary/aromatic N) is 1. The Hall–Kier alpha value is -1.94. The molecule has 0 spiro atoms. The average Bonchev–Trinajstić information content (AvgIpc) is 3.01. The van der Waals surface area contributed by atoms with Gasteiger partial charge in [-0.05, 0) is 55.5 Å². The fourth-order valence-corrected chi connectivity index (χ4v) is 6.26. The zero-order chi connectivity index (χ0) is 20.4. The lowest BCUT2D eigenvalue weighted by Gasteiger charge is -2.26. The maximum absolute atomic E-state index is 12.8. The van der Waals surface area contributed by atoms with Crippen LogP contribution >= 0.6 is 11.3 Å². The molecule has 0 bridgehead atoms. The number of morpholine rings is 1. The second kappa shape index (κ2) is 8.43. The number of thiophene rings is 1. The molecule has 1 fully saturated rings. The van der Waals surface area contributed by atoms with E-state index in [4.69, 9.17) is 4.74 Å². The summed E-state index contributed by atoms with van der Waals surface area (Å²) in [6.45, 7) is 1.27. The minimum atomic E-state index is -3.71. The number of phenolic OH excluding ortho intramolecular Hbond substituents is 1. The van der Waals surface area contributed by atoms with E-state index in [2.05, 4.69) is 5.32 Å². The number of anilines is 1. The molecular formula is C20H24N2O5S2. The van der Waals surface area contributed by atoms with Crippen molar-refractivity contribution in [2.45, 2.75) is 37.0 Å². The van der Waals surface area contributed by atoms with Crippen molar-refractivity contribution in [2.75, 3.05) is 31.6 Å². The number of aromatic hydroxyl groups is 1. The molecule has 0 unspecified atom stereocenters. The van der Waals surface area contributed by atoms with Crippen LogP contribution in [0.2, 0.25) is 0 Å². The van der Waals surface area contributed by atoms with Gasteiger partial charge in [0.25, 0.3) is 5.91 Å². The maximum atomic E-state index is 12.8. The molecule has 7 nitrogen and oxygen atoms in total. The molecule has 9 heteroatoms. The lowest BCUT2D eigenvalue weighted by Crippen LogP contribution is -2.40. The van der Waals surface area contributed by atoms with Gasteiger partial charge in [-0.2, -0.15) is 4.31 Å². The van der Waals surface area contributed by atoms with Gasteiger partial charge in [0.15, 0.2) is 0 Å². The number of fused-ring (bicyclic) bond motifs is 1. The summed E-state index contributed by atoms with van der Waals surface area (Å²) in [6, 6.07) is 5.89. The Labute approximate surface area is 174 Å². The number of amides is 1. The number of benzene rings is 1. The molecule has 0 radical (unpaired) electrons. The van der Waals surface area contributed by atoms with Gasteiger partial charge in [0.05, 0.1) is 28.7 Å². The zero-order valence-corrected chi connectivity index (χ0v) is 17.7. The van der Waals surface area contributed by atoms with Crippen molar-refractivity contribution in [3.05, 3.63) is 39.6 Å². The maximum Gasteiger partial charge on any atom is 0.265 e. The van der Waals surface area contributed by atoms with Crippen LogP contribution in [0.25, 0.3) is 0 Å². The highest BCUT2D eigenvalue weighted by molar-refractivity contribution is 7.89. The van der Waals surface area contributed by atoms with Crippen LogP contribution in [0.1, 0.15) is 39.4 Å². The van der Waals surface area contributed by atoms with Crippen molar-refractivity contribution in [1.82, 2.24) is 4.31 Å². The summed E-state index contributed by atoms with van der Waals surface area (Å²) in [5.41, 5.74) is 1.32. The minimum absolute atomic E-state index is 0.0365. The molecule has 4 rings (SSSR count). The van der Waals surface area contributed by atoms with Gasteiger partial charge in [0.2, 0.25) is 10.0 Å². The molecule has 2 aromatic rings. The molecule has 2 heterocycles. The van der Waals surface area contributed by atoms with Gasteiger partial charge in [-0.25, -0.2) is 8.42 Å².